The van der Waals surface area contributed by atoms with E-state index >= 15 is 0 Å². The normalized spacial score (nSPS) is 15.0. The quantitative estimate of drug-likeness (QED) is 0.920. The summed E-state index contributed by atoms with van der Waals surface area (Å²) >= 11 is 0. The molecule has 1 fully saturated rings. The second-order valence-corrected chi connectivity index (χ2v) is 5.82. The molecular weight excluding hydrogens is 335 g/mol. The summed E-state index contributed by atoms with van der Waals surface area (Å²) < 4.78 is 38.6. The third-order valence-corrected chi connectivity index (χ3v) is 4.06. The highest BCUT2D eigenvalue weighted by Crippen LogP contribution is 2.31. The summed E-state index contributed by atoms with van der Waals surface area (Å²) in [6.07, 6.45) is -1.79. The molecule has 0 radical (unpaired) electrons. The Labute approximate surface area is 142 Å². The van der Waals surface area contributed by atoms with Crippen LogP contribution in [0.3, 0.4) is 0 Å². The van der Waals surface area contributed by atoms with Gasteiger partial charge in [-0.2, -0.15) is 13.2 Å². The molecule has 0 aromatic carbocycles. The summed E-state index contributed by atoms with van der Waals surface area (Å²) in [6, 6.07) is 5.31. The van der Waals surface area contributed by atoms with Crippen molar-refractivity contribution >= 4 is 5.91 Å². The van der Waals surface area contributed by atoms with Crippen LogP contribution in [0.15, 0.2) is 30.5 Å². The molecule has 2 aromatic rings. The van der Waals surface area contributed by atoms with Gasteiger partial charge in [-0.3, -0.25) is 9.78 Å². The number of alkyl halides is 3. The van der Waals surface area contributed by atoms with Crippen molar-refractivity contribution in [2.75, 3.05) is 6.54 Å². The lowest BCUT2D eigenvalue weighted by molar-refractivity contribution is -0.141. The van der Waals surface area contributed by atoms with Crippen molar-refractivity contribution in [2.24, 2.45) is 0 Å². The van der Waals surface area contributed by atoms with E-state index in [4.69, 9.17) is 0 Å². The van der Waals surface area contributed by atoms with Gasteiger partial charge in [0.15, 0.2) is 0 Å². The average Bonchev–Trinajstić information content (AvgIpc) is 2.99. The molecule has 132 valence electrons. The van der Waals surface area contributed by atoms with E-state index < -0.39 is 18.5 Å². The molecule has 0 spiro atoms. The van der Waals surface area contributed by atoms with Crippen LogP contribution in [0.5, 0.6) is 0 Å². The molecule has 1 amide bonds. The van der Waals surface area contributed by atoms with Crippen LogP contribution in [-0.2, 0) is 24.1 Å². The minimum atomic E-state index is -4.56. The fourth-order valence-corrected chi connectivity index (χ4v) is 2.75. The van der Waals surface area contributed by atoms with E-state index in [0.717, 1.165) is 12.5 Å². The van der Waals surface area contributed by atoms with Gasteiger partial charge >= 0.3 is 6.18 Å². The number of halogens is 3. The predicted octanol–water partition coefficient (Wildman–Crippen LogP) is 2.78. The van der Waals surface area contributed by atoms with Crippen LogP contribution in [0.1, 0.15) is 29.8 Å². The summed E-state index contributed by atoms with van der Waals surface area (Å²) in [5.41, 5.74) is 0.348. The predicted molar refractivity (Wildman–Crippen MR) is 83.0 cm³/mol. The fourth-order valence-electron chi connectivity index (χ4n) is 2.75. The van der Waals surface area contributed by atoms with Crippen LogP contribution in [0, 0.1) is 0 Å². The van der Waals surface area contributed by atoms with Crippen molar-refractivity contribution in [2.45, 2.75) is 32.2 Å². The molecule has 0 bridgehead atoms. The Morgan fingerprint density at radius 1 is 1.20 bits per heavy atom. The molecule has 25 heavy (non-hydrogen) atoms. The summed E-state index contributed by atoms with van der Waals surface area (Å²) in [4.78, 5) is 21.2. The number of nitrogens with zero attached hydrogens (tertiary/aromatic N) is 3. The number of aliphatic hydroxyl groups is 1. The van der Waals surface area contributed by atoms with Gasteiger partial charge in [0, 0.05) is 30.3 Å². The third-order valence-electron chi connectivity index (χ3n) is 4.06. The molecule has 0 atom stereocenters. The first-order valence-electron chi connectivity index (χ1n) is 7.79. The monoisotopic (exact) mass is 351 g/mol. The molecule has 0 unspecified atom stereocenters. The molecule has 8 heteroatoms. The van der Waals surface area contributed by atoms with Crippen LogP contribution in [0.25, 0.3) is 11.3 Å². The van der Waals surface area contributed by atoms with Gasteiger partial charge in [-0.15, -0.1) is 0 Å². The van der Waals surface area contributed by atoms with E-state index in [9.17, 15) is 23.1 Å². The number of amides is 1. The maximum absolute atomic E-state index is 12.9. The Balaban J connectivity index is 1.87. The molecule has 1 saturated heterocycles. The number of aromatic nitrogens is 2. The molecule has 3 heterocycles. The average molecular weight is 351 g/mol. The van der Waals surface area contributed by atoms with Gasteiger partial charge < -0.3 is 10.0 Å². The molecule has 1 aliphatic rings. The molecule has 0 aliphatic carbocycles. The standard InChI is InChI=1S/C17H16F3N3O2/c18-17(19,20)14-6-4-12(10-24)16(22-14)11-3-5-13(21-8-11)9-23-7-1-2-15(23)25/h3-6,8,24H,1-2,7,9-10H2. The van der Waals surface area contributed by atoms with Gasteiger partial charge in [0.2, 0.25) is 5.91 Å². The van der Waals surface area contributed by atoms with Gasteiger partial charge in [0.05, 0.1) is 24.5 Å². The van der Waals surface area contributed by atoms with Gasteiger partial charge in [-0.25, -0.2) is 4.98 Å². The number of hydrogen-bond acceptors (Lipinski definition) is 4. The molecule has 3 rings (SSSR count). The topological polar surface area (TPSA) is 66.3 Å². The summed E-state index contributed by atoms with van der Waals surface area (Å²) in [6.45, 7) is 0.638. The largest absolute Gasteiger partial charge is 0.433 e. The van der Waals surface area contributed by atoms with Gasteiger partial charge in [-0.1, -0.05) is 6.07 Å². The zero-order valence-electron chi connectivity index (χ0n) is 13.3. The summed E-state index contributed by atoms with van der Waals surface area (Å²) in [7, 11) is 0. The van der Waals surface area contributed by atoms with Gasteiger partial charge in [0.1, 0.15) is 5.69 Å². The Morgan fingerprint density at radius 2 is 2.00 bits per heavy atom. The summed E-state index contributed by atoms with van der Waals surface area (Å²) in [5, 5.41) is 9.36. The first-order valence-corrected chi connectivity index (χ1v) is 7.79. The maximum atomic E-state index is 12.9. The van der Waals surface area contributed by atoms with Crippen molar-refractivity contribution < 1.29 is 23.1 Å². The number of rotatable bonds is 4. The van der Waals surface area contributed by atoms with Gasteiger partial charge in [-0.05, 0) is 24.6 Å². The van der Waals surface area contributed by atoms with E-state index in [1.807, 2.05) is 0 Å². The molecule has 1 aliphatic heterocycles. The number of carbonyl (C=O) groups excluding carboxylic acids is 1. The lowest BCUT2D eigenvalue weighted by atomic mass is 10.1. The van der Waals surface area contributed by atoms with E-state index in [-0.39, 0.29) is 17.2 Å². The zero-order chi connectivity index (χ0) is 18.0. The second kappa shape index (κ2) is 6.79. The van der Waals surface area contributed by atoms with Crippen LogP contribution in [-0.4, -0.2) is 32.4 Å². The van der Waals surface area contributed by atoms with Crippen molar-refractivity contribution in [1.82, 2.24) is 14.9 Å². The highest BCUT2D eigenvalue weighted by Gasteiger charge is 2.33. The first kappa shape index (κ1) is 17.3. The highest BCUT2D eigenvalue weighted by molar-refractivity contribution is 5.78. The Hall–Kier alpha value is -2.48. The number of likely N-dealkylation sites (tertiary alicyclic amines) is 1. The first-order chi connectivity index (χ1) is 11.9. The van der Waals surface area contributed by atoms with Crippen LogP contribution >= 0.6 is 0 Å². The Kier molecular flexibility index (Phi) is 4.71. The Morgan fingerprint density at radius 3 is 2.56 bits per heavy atom. The van der Waals surface area contributed by atoms with Crippen molar-refractivity contribution in [3.8, 4) is 11.3 Å². The van der Waals surface area contributed by atoms with Crippen molar-refractivity contribution in [3.05, 3.63) is 47.4 Å². The minimum Gasteiger partial charge on any atom is -0.392 e. The van der Waals surface area contributed by atoms with Gasteiger partial charge in [0.25, 0.3) is 0 Å². The zero-order valence-corrected chi connectivity index (χ0v) is 13.3. The second-order valence-electron chi connectivity index (χ2n) is 5.82. The lowest BCUT2D eigenvalue weighted by Crippen LogP contribution is -2.24. The molecule has 0 saturated carbocycles. The van der Waals surface area contributed by atoms with Crippen molar-refractivity contribution in [3.63, 3.8) is 0 Å². The number of pyridine rings is 2. The van der Waals surface area contributed by atoms with Crippen LogP contribution in [0.4, 0.5) is 13.2 Å². The van der Waals surface area contributed by atoms with E-state index in [1.165, 1.54) is 12.3 Å². The van der Waals surface area contributed by atoms with Crippen LogP contribution < -0.4 is 0 Å². The SMILES string of the molecule is O=C1CCCN1Cc1ccc(-c2nc(C(F)(F)F)ccc2CO)cn1. The summed E-state index contributed by atoms with van der Waals surface area (Å²) in [5.74, 6) is 0.0768. The Bertz CT molecular complexity index is 776. The fraction of sp³-hybridized carbons (Fsp3) is 0.353. The highest BCUT2D eigenvalue weighted by atomic mass is 19.4. The number of hydrogen-bond donors (Lipinski definition) is 1. The smallest absolute Gasteiger partial charge is 0.392 e. The number of carbonyl (C=O) groups is 1. The molecule has 1 N–H and O–H groups in total. The molecule has 2 aromatic heterocycles. The van der Waals surface area contributed by atoms with E-state index in [2.05, 4.69) is 9.97 Å². The van der Waals surface area contributed by atoms with Crippen LogP contribution in [0.2, 0.25) is 0 Å². The van der Waals surface area contributed by atoms with Crippen molar-refractivity contribution in [1.29, 1.82) is 0 Å². The maximum Gasteiger partial charge on any atom is 0.433 e. The molecule has 5 nitrogen and oxygen atoms in total. The third kappa shape index (κ3) is 3.79. The minimum absolute atomic E-state index is 0.0497. The molecular formula is C17H16F3N3O2. The lowest BCUT2D eigenvalue weighted by Gasteiger charge is -2.15. The van der Waals surface area contributed by atoms with E-state index in [1.54, 1.807) is 17.0 Å². The number of aliphatic hydroxyl groups excluding tert-OH is 1. The van der Waals surface area contributed by atoms with E-state index in [0.29, 0.717) is 30.8 Å².